The molecule has 0 fully saturated rings. The second-order valence-corrected chi connectivity index (χ2v) is 2.57. The highest BCUT2D eigenvalue weighted by Crippen LogP contribution is 2.01. The van der Waals surface area contributed by atoms with Crippen LogP contribution in [0.15, 0.2) is 12.2 Å². The molecule has 0 aromatic carbocycles. The highest BCUT2D eigenvalue weighted by molar-refractivity contribution is 5.51. The maximum atomic E-state index is 9.82. The Bertz CT molecular complexity index is 116. The van der Waals surface area contributed by atoms with E-state index < -0.39 is 6.10 Å². The summed E-state index contributed by atoms with van der Waals surface area (Å²) in [5.74, 6) is 0.225. The SMILES string of the molecule is CC(C)C(O)C=CCC=O. The molecule has 1 unspecified atom stereocenters. The fourth-order valence-electron chi connectivity index (χ4n) is 0.496. The number of carbonyl (C=O) groups excluding carboxylic acids is 1. The largest absolute Gasteiger partial charge is 0.389 e. The van der Waals surface area contributed by atoms with Crippen molar-refractivity contribution in [2.45, 2.75) is 26.4 Å². The van der Waals surface area contributed by atoms with E-state index in [0.29, 0.717) is 6.42 Å². The van der Waals surface area contributed by atoms with Gasteiger partial charge in [-0.3, -0.25) is 0 Å². The van der Waals surface area contributed by atoms with E-state index in [1.165, 1.54) is 0 Å². The minimum atomic E-state index is -0.417. The molecule has 0 aromatic rings. The van der Waals surface area contributed by atoms with E-state index in [2.05, 4.69) is 0 Å². The Morgan fingerprint density at radius 1 is 1.50 bits per heavy atom. The summed E-state index contributed by atoms with van der Waals surface area (Å²) < 4.78 is 0. The first-order valence-electron chi connectivity index (χ1n) is 3.47. The van der Waals surface area contributed by atoms with Gasteiger partial charge in [-0.2, -0.15) is 0 Å². The van der Waals surface area contributed by atoms with E-state index in [0.717, 1.165) is 6.29 Å². The van der Waals surface area contributed by atoms with Crippen LogP contribution in [0.5, 0.6) is 0 Å². The fraction of sp³-hybridized carbons (Fsp3) is 0.625. The lowest BCUT2D eigenvalue weighted by Crippen LogP contribution is -2.10. The quantitative estimate of drug-likeness (QED) is 0.472. The van der Waals surface area contributed by atoms with Crippen molar-refractivity contribution in [1.82, 2.24) is 0 Å². The molecule has 0 rings (SSSR count). The van der Waals surface area contributed by atoms with Crippen molar-refractivity contribution in [2.75, 3.05) is 0 Å². The highest BCUT2D eigenvalue weighted by atomic mass is 16.3. The van der Waals surface area contributed by atoms with Crippen LogP contribution in [0.3, 0.4) is 0 Å². The maximum absolute atomic E-state index is 9.82. The van der Waals surface area contributed by atoms with Gasteiger partial charge < -0.3 is 9.90 Å². The van der Waals surface area contributed by atoms with Crippen molar-refractivity contribution in [2.24, 2.45) is 5.92 Å². The third kappa shape index (κ3) is 4.27. The van der Waals surface area contributed by atoms with Crippen LogP contribution in [0.25, 0.3) is 0 Å². The summed E-state index contributed by atoms with van der Waals surface area (Å²) >= 11 is 0. The predicted molar refractivity (Wildman–Crippen MR) is 40.7 cm³/mol. The second-order valence-electron chi connectivity index (χ2n) is 2.57. The molecule has 0 heterocycles. The van der Waals surface area contributed by atoms with Crippen LogP contribution in [0, 0.1) is 5.92 Å². The molecule has 1 atom stereocenters. The molecule has 0 saturated carbocycles. The van der Waals surface area contributed by atoms with E-state index in [-0.39, 0.29) is 5.92 Å². The minimum absolute atomic E-state index is 0.225. The van der Waals surface area contributed by atoms with Gasteiger partial charge in [0.2, 0.25) is 0 Å². The van der Waals surface area contributed by atoms with Gasteiger partial charge in [-0.05, 0) is 5.92 Å². The third-order valence-corrected chi connectivity index (χ3v) is 1.25. The summed E-state index contributed by atoms with van der Waals surface area (Å²) in [6, 6.07) is 0. The number of aliphatic hydroxyl groups excluding tert-OH is 1. The van der Waals surface area contributed by atoms with E-state index in [9.17, 15) is 4.79 Å². The number of hydrogen-bond donors (Lipinski definition) is 1. The minimum Gasteiger partial charge on any atom is -0.389 e. The van der Waals surface area contributed by atoms with Crippen LogP contribution in [-0.2, 0) is 4.79 Å². The van der Waals surface area contributed by atoms with Gasteiger partial charge in [0.05, 0.1) is 6.10 Å². The molecule has 2 heteroatoms. The maximum Gasteiger partial charge on any atom is 0.123 e. The molecular formula is C8H14O2. The Balaban J connectivity index is 3.54. The average molecular weight is 142 g/mol. The molecule has 0 radical (unpaired) electrons. The highest BCUT2D eigenvalue weighted by Gasteiger charge is 2.02. The Morgan fingerprint density at radius 3 is 2.50 bits per heavy atom. The summed E-state index contributed by atoms with van der Waals surface area (Å²) in [6.45, 7) is 3.85. The lowest BCUT2D eigenvalue weighted by Gasteiger charge is -2.07. The second kappa shape index (κ2) is 5.18. The molecular weight excluding hydrogens is 128 g/mol. The normalized spacial score (nSPS) is 14.4. The number of aldehydes is 1. The number of aliphatic hydroxyl groups is 1. The average Bonchev–Trinajstić information content (AvgIpc) is 1.88. The summed E-state index contributed by atoms with van der Waals surface area (Å²) in [6.07, 6.45) is 4.12. The molecule has 0 aliphatic rings. The summed E-state index contributed by atoms with van der Waals surface area (Å²) in [5.41, 5.74) is 0. The Morgan fingerprint density at radius 2 is 2.10 bits per heavy atom. The smallest absolute Gasteiger partial charge is 0.123 e. The summed E-state index contributed by atoms with van der Waals surface area (Å²) in [4.78, 5) is 9.82. The van der Waals surface area contributed by atoms with E-state index >= 15 is 0 Å². The van der Waals surface area contributed by atoms with Crippen molar-refractivity contribution in [3.05, 3.63) is 12.2 Å². The van der Waals surface area contributed by atoms with E-state index in [1.54, 1.807) is 12.2 Å². The number of carbonyl (C=O) groups is 1. The van der Waals surface area contributed by atoms with Crippen molar-refractivity contribution in [3.63, 3.8) is 0 Å². The molecule has 10 heavy (non-hydrogen) atoms. The fourth-order valence-corrected chi connectivity index (χ4v) is 0.496. The zero-order chi connectivity index (χ0) is 7.98. The van der Waals surface area contributed by atoms with Crippen molar-refractivity contribution >= 4 is 6.29 Å². The lowest BCUT2D eigenvalue weighted by atomic mass is 10.1. The summed E-state index contributed by atoms with van der Waals surface area (Å²) in [7, 11) is 0. The molecule has 0 spiro atoms. The Hall–Kier alpha value is -0.630. The molecule has 0 aromatic heterocycles. The Kier molecular flexibility index (Phi) is 4.85. The van der Waals surface area contributed by atoms with Crippen LogP contribution >= 0.6 is 0 Å². The third-order valence-electron chi connectivity index (χ3n) is 1.25. The van der Waals surface area contributed by atoms with E-state index in [4.69, 9.17) is 5.11 Å². The first-order chi connectivity index (χ1) is 4.68. The predicted octanol–water partition coefficient (Wildman–Crippen LogP) is 1.15. The van der Waals surface area contributed by atoms with Crippen LogP contribution < -0.4 is 0 Å². The molecule has 0 bridgehead atoms. The molecule has 1 N–H and O–H groups in total. The Labute approximate surface area is 61.6 Å². The van der Waals surface area contributed by atoms with Gasteiger partial charge in [-0.1, -0.05) is 26.0 Å². The zero-order valence-electron chi connectivity index (χ0n) is 6.45. The molecule has 0 aliphatic carbocycles. The summed E-state index contributed by atoms with van der Waals surface area (Å²) in [5, 5.41) is 9.15. The number of rotatable bonds is 4. The van der Waals surface area contributed by atoms with Crippen molar-refractivity contribution in [1.29, 1.82) is 0 Å². The van der Waals surface area contributed by atoms with Crippen LogP contribution in [0.1, 0.15) is 20.3 Å². The molecule has 0 aliphatic heterocycles. The van der Waals surface area contributed by atoms with Crippen molar-refractivity contribution in [3.8, 4) is 0 Å². The zero-order valence-corrected chi connectivity index (χ0v) is 6.45. The molecule has 0 saturated heterocycles. The monoisotopic (exact) mass is 142 g/mol. The van der Waals surface area contributed by atoms with Gasteiger partial charge in [0.15, 0.2) is 0 Å². The molecule has 0 amide bonds. The van der Waals surface area contributed by atoms with E-state index in [1.807, 2.05) is 13.8 Å². The van der Waals surface area contributed by atoms with Gasteiger partial charge in [0.1, 0.15) is 6.29 Å². The number of hydrogen-bond acceptors (Lipinski definition) is 2. The molecule has 58 valence electrons. The van der Waals surface area contributed by atoms with Gasteiger partial charge in [0, 0.05) is 6.42 Å². The lowest BCUT2D eigenvalue weighted by molar-refractivity contribution is -0.107. The number of allylic oxidation sites excluding steroid dienone is 1. The van der Waals surface area contributed by atoms with Gasteiger partial charge >= 0.3 is 0 Å². The van der Waals surface area contributed by atoms with Crippen molar-refractivity contribution < 1.29 is 9.90 Å². The van der Waals surface area contributed by atoms with Gasteiger partial charge in [-0.25, -0.2) is 0 Å². The van der Waals surface area contributed by atoms with Crippen LogP contribution in [0.4, 0.5) is 0 Å². The van der Waals surface area contributed by atoms with Crippen LogP contribution in [0.2, 0.25) is 0 Å². The van der Waals surface area contributed by atoms with Gasteiger partial charge in [-0.15, -0.1) is 0 Å². The molecule has 2 nitrogen and oxygen atoms in total. The first-order valence-corrected chi connectivity index (χ1v) is 3.47. The topological polar surface area (TPSA) is 37.3 Å². The van der Waals surface area contributed by atoms with Gasteiger partial charge in [0.25, 0.3) is 0 Å². The standard InChI is InChI=1S/C8H14O2/c1-7(2)8(10)5-3-4-6-9/h3,5-8,10H,4H2,1-2H3. The first kappa shape index (κ1) is 9.37. The van der Waals surface area contributed by atoms with Crippen LogP contribution in [-0.4, -0.2) is 17.5 Å².